The molecule has 0 aliphatic carbocycles. The number of methoxy groups -OCH3 is 1. The van der Waals surface area contributed by atoms with Gasteiger partial charge in [-0.1, -0.05) is 0 Å². The number of likely N-dealkylation sites (tertiary alicyclic amines) is 1. The molecule has 8 heteroatoms. The number of esters is 1. The molecule has 2 heterocycles. The average molecular weight is 413 g/mol. The van der Waals surface area contributed by atoms with Crippen molar-refractivity contribution in [2.45, 2.75) is 26.7 Å². The fraction of sp³-hybridized carbons (Fsp3) is 0.409. The van der Waals surface area contributed by atoms with Gasteiger partial charge in [0.25, 0.3) is 11.8 Å². The summed E-state index contributed by atoms with van der Waals surface area (Å²) in [5, 5.41) is 0. The minimum atomic E-state index is -0.228. The van der Waals surface area contributed by atoms with Crippen molar-refractivity contribution in [2.24, 2.45) is 5.92 Å². The Morgan fingerprint density at radius 1 is 1.00 bits per heavy atom. The lowest BCUT2D eigenvalue weighted by Crippen LogP contribution is -2.42. The van der Waals surface area contributed by atoms with E-state index in [1.54, 1.807) is 33.8 Å². The third kappa shape index (κ3) is 5.00. The number of nitrogens with zero attached hydrogens (tertiary/aromatic N) is 2. The number of aromatic nitrogens is 1. The fourth-order valence-electron chi connectivity index (χ4n) is 3.48. The number of piperidine rings is 1. The van der Waals surface area contributed by atoms with E-state index in [1.165, 1.54) is 7.11 Å². The van der Waals surface area contributed by atoms with Crippen molar-refractivity contribution in [2.75, 3.05) is 32.2 Å². The van der Waals surface area contributed by atoms with Crippen molar-refractivity contribution in [3.8, 4) is 5.75 Å². The van der Waals surface area contributed by atoms with Gasteiger partial charge in [-0.25, -0.2) is 0 Å². The van der Waals surface area contributed by atoms with Crippen LogP contribution in [0.25, 0.3) is 0 Å². The summed E-state index contributed by atoms with van der Waals surface area (Å²) >= 11 is 0. The van der Waals surface area contributed by atoms with Crippen molar-refractivity contribution in [1.29, 1.82) is 0 Å². The van der Waals surface area contributed by atoms with Gasteiger partial charge in [0.15, 0.2) is 6.61 Å². The molecule has 1 aromatic heterocycles. The lowest BCUT2D eigenvalue weighted by atomic mass is 9.97. The third-order valence-corrected chi connectivity index (χ3v) is 5.35. The van der Waals surface area contributed by atoms with Gasteiger partial charge in [0.05, 0.1) is 13.0 Å². The maximum Gasteiger partial charge on any atom is 0.308 e. The molecule has 0 spiro atoms. The number of carbonyl (C=O) groups is 3. The van der Waals surface area contributed by atoms with Crippen LogP contribution >= 0.6 is 0 Å². The number of rotatable bonds is 6. The monoisotopic (exact) mass is 413 g/mol. The molecular formula is C22H27N3O5. The fourth-order valence-corrected chi connectivity index (χ4v) is 3.48. The van der Waals surface area contributed by atoms with E-state index < -0.39 is 0 Å². The maximum absolute atomic E-state index is 12.4. The first-order chi connectivity index (χ1) is 14.4. The van der Waals surface area contributed by atoms with E-state index >= 15 is 0 Å². The standard InChI is InChI=1S/C22H27N3O5/c1-15-4-5-16(2)25(15)23-21(27)17-6-8-19(9-7-17)30-14-20(26)24-12-10-18(11-13-24)22(28)29-3/h4-9,18H,10-14H2,1-3H3,(H,23,27). The summed E-state index contributed by atoms with van der Waals surface area (Å²) in [5.41, 5.74) is 5.22. The molecule has 1 aliphatic rings. The van der Waals surface area contributed by atoms with Crippen LogP contribution in [0.5, 0.6) is 5.75 Å². The molecule has 8 nitrogen and oxygen atoms in total. The van der Waals surface area contributed by atoms with Crippen LogP contribution in [0.2, 0.25) is 0 Å². The highest BCUT2D eigenvalue weighted by Crippen LogP contribution is 2.19. The summed E-state index contributed by atoms with van der Waals surface area (Å²) < 4.78 is 12.1. The number of carbonyl (C=O) groups excluding carboxylic acids is 3. The molecule has 3 rings (SSSR count). The Bertz CT molecular complexity index is 892. The molecule has 0 radical (unpaired) electrons. The second-order valence-electron chi connectivity index (χ2n) is 7.38. The highest BCUT2D eigenvalue weighted by molar-refractivity contribution is 6.00. The summed E-state index contributed by atoms with van der Waals surface area (Å²) in [4.78, 5) is 38.1. The predicted octanol–water partition coefficient (Wildman–Crippen LogP) is 2.28. The minimum Gasteiger partial charge on any atom is -0.484 e. The molecule has 2 amide bonds. The number of hydrogen-bond acceptors (Lipinski definition) is 5. The van der Waals surface area contributed by atoms with E-state index in [0.717, 1.165) is 11.4 Å². The van der Waals surface area contributed by atoms with Gasteiger partial charge < -0.3 is 14.4 Å². The summed E-state index contributed by atoms with van der Waals surface area (Å²) in [6.45, 7) is 4.77. The SMILES string of the molecule is COC(=O)C1CCN(C(=O)COc2ccc(C(=O)Nn3c(C)ccc3C)cc2)CC1. The van der Waals surface area contributed by atoms with Crippen molar-refractivity contribution in [3.05, 3.63) is 53.3 Å². The molecule has 1 saturated heterocycles. The zero-order valence-electron chi connectivity index (χ0n) is 17.5. The Labute approximate surface area is 175 Å². The molecule has 2 aromatic rings. The van der Waals surface area contributed by atoms with E-state index in [-0.39, 0.29) is 30.3 Å². The summed E-state index contributed by atoms with van der Waals surface area (Å²) in [6.07, 6.45) is 1.20. The molecule has 0 unspecified atom stereocenters. The van der Waals surface area contributed by atoms with Gasteiger partial charge in [-0.3, -0.25) is 24.5 Å². The Balaban J connectivity index is 1.48. The van der Waals surface area contributed by atoms with Gasteiger partial charge in [0.2, 0.25) is 0 Å². The molecule has 0 saturated carbocycles. The van der Waals surface area contributed by atoms with Gasteiger partial charge in [-0.05, 0) is 63.1 Å². The van der Waals surface area contributed by atoms with Crippen molar-refractivity contribution < 1.29 is 23.9 Å². The second kappa shape index (κ2) is 9.47. The first-order valence-corrected chi connectivity index (χ1v) is 9.94. The maximum atomic E-state index is 12.4. The van der Waals surface area contributed by atoms with Crippen LogP contribution in [-0.4, -0.2) is 54.2 Å². The van der Waals surface area contributed by atoms with Gasteiger partial charge in [0.1, 0.15) is 5.75 Å². The minimum absolute atomic E-state index is 0.0871. The molecule has 1 aromatic carbocycles. The van der Waals surface area contributed by atoms with Gasteiger partial charge >= 0.3 is 5.97 Å². The first kappa shape index (κ1) is 21.4. The zero-order chi connectivity index (χ0) is 21.7. The predicted molar refractivity (Wildman–Crippen MR) is 111 cm³/mol. The molecule has 0 atom stereocenters. The second-order valence-corrected chi connectivity index (χ2v) is 7.38. The third-order valence-electron chi connectivity index (χ3n) is 5.35. The Morgan fingerprint density at radius 3 is 2.17 bits per heavy atom. The van der Waals surface area contributed by atoms with E-state index in [0.29, 0.717) is 37.2 Å². The normalized spacial score (nSPS) is 14.3. The van der Waals surface area contributed by atoms with Crippen molar-refractivity contribution in [3.63, 3.8) is 0 Å². The van der Waals surface area contributed by atoms with Crippen LogP contribution in [0.15, 0.2) is 36.4 Å². The van der Waals surface area contributed by atoms with Crippen LogP contribution in [-0.2, 0) is 14.3 Å². The Kier molecular flexibility index (Phi) is 6.76. The Hall–Kier alpha value is -3.29. The van der Waals surface area contributed by atoms with Crippen LogP contribution in [0.3, 0.4) is 0 Å². The number of amides is 2. The smallest absolute Gasteiger partial charge is 0.308 e. The average Bonchev–Trinajstić information content (AvgIpc) is 3.09. The van der Waals surface area contributed by atoms with E-state index in [9.17, 15) is 14.4 Å². The van der Waals surface area contributed by atoms with Crippen molar-refractivity contribution in [1.82, 2.24) is 9.58 Å². The van der Waals surface area contributed by atoms with Gasteiger partial charge in [0, 0.05) is 30.0 Å². The lowest BCUT2D eigenvalue weighted by Gasteiger charge is -2.30. The highest BCUT2D eigenvalue weighted by Gasteiger charge is 2.27. The summed E-state index contributed by atoms with van der Waals surface area (Å²) in [7, 11) is 1.38. The number of benzene rings is 1. The first-order valence-electron chi connectivity index (χ1n) is 9.94. The van der Waals surface area contributed by atoms with E-state index in [4.69, 9.17) is 9.47 Å². The van der Waals surface area contributed by atoms with Crippen LogP contribution in [0.1, 0.15) is 34.6 Å². The number of hydrogen-bond donors (Lipinski definition) is 1. The zero-order valence-corrected chi connectivity index (χ0v) is 17.5. The van der Waals surface area contributed by atoms with Gasteiger partial charge in [-0.2, -0.15) is 0 Å². The highest BCUT2D eigenvalue weighted by atomic mass is 16.5. The summed E-state index contributed by atoms with van der Waals surface area (Å²) in [5.74, 6) is -0.202. The van der Waals surface area contributed by atoms with E-state index in [1.807, 2.05) is 26.0 Å². The molecule has 1 fully saturated rings. The van der Waals surface area contributed by atoms with Crippen LogP contribution < -0.4 is 10.2 Å². The number of aryl methyl sites for hydroxylation is 2. The Morgan fingerprint density at radius 2 is 1.60 bits per heavy atom. The molecule has 160 valence electrons. The van der Waals surface area contributed by atoms with Crippen LogP contribution in [0, 0.1) is 19.8 Å². The van der Waals surface area contributed by atoms with Gasteiger partial charge in [-0.15, -0.1) is 0 Å². The number of ether oxygens (including phenoxy) is 2. The molecular weight excluding hydrogens is 386 g/mol. The molecule has 0 bridgehead atoms. The molecule has 30 heavy (non-hydrogen) atoms. The summed E-state index contributed by atoms with van der Waals surface area (Å²) in [6, 6.07) is 10.5. The number of nitrogens with one attached hydrogen (secondary N) is 1. The topological polar surface area (TPSA) is 89.9 Å². The lowest BCUT2D eigenvalue weighted by molar-refractivity contribution is -0.149. The van der Waals surface area contributed by atoms with Crippen LogP contribution in [0.4, 0.5) is 0 Å². The quantitative estimate of drug-likeness (QED) is 0.734. The van der Waals surface area contributed by atoms with E-state index in [2.05, 4.69) is 5.43 Å². The largest absolute Gasteiger partial charge is 0.484 e. The molecule has 1 N–H and O–H groups in total. The van der Waals surface area contributed by atoms with Crippen molar-refractivity contribution >= 4 is 17.8 Å². The molecule has 1 aliphatic heterocycles.